The van der Waals surface area contributed by atoms with E-state index >= 15 is 0 Å². The fourth-order valence-corrected chi connectivity index (χ4v) is 4.59. The molecule has 0 bridgehead atoms. The van der Waals surface area contributed by atoms with Gasteiger partial charge in [0.25, 0.3) is 0 Å². The topological polar surface area (TPSA) is 73.3 Å². The van der Waals surface area contributed by atoms with Crippen molar-refractivity contribution in [2.24, 2.45) is 0 Å². The summed E-state index contributed by atoms with van der Waals surface area (Å²) in [5.41, 5.74) is 7.64. The Labute approximate surface area is 165 Å². The number of Topliss-reactive ketones (excluding diaryl/α,β-unsaturated/α-hetero) is 1. The van der Waals surface area contributed by atoms with Crippen LogP contribution in [-0.4, -0.2) is 21.0 Å². The predicted molar refractivity (Wildman–Crippen MR) is 111 cm³/mol. The molecule has 0 saturated heterocycles. The summed E-state index contributed by atoms with van der Waals surface area (Å²) in [5, 5.41) is 22.4. The zero-order valence-corrected chi connectivity index (χ0v) is 16.8. The van der Waals surface area contributed by atoms with Crippen LogP contribution in [0.4, 0.5) is 0 Å². The highest BCUT2D eigenvalue weighted by Crippen LogP contribution is 2.39. The molecular weight excluding hydrogens is 350 g/mol. The number of benzene rings is 2. The molecule has 1 heterocycles. The second-order valence-electron chi connectivity index (χ2n) is 8.13. The third kappa shape index (κ3) is 3.07. The number of phenols is 2. The van der Waals surface area contributed by atoms with Crippen molar-refractivity contribution < 1.29 is 15.0 Å². The van der Waals surface area contributed by atoms with Crippen molar-refractivity contribution in [1.29, 1.82) is 0 Å². The lowest BCUT2D eigenvalue weighted by Crippen LogP contribution is -2.06. The molecule has 0 aliphatic heterocycles. The molecule has 3 aromatic rings. The van der Waals surface area contributed by atoms with Crippen molar-refractivity contribution >= 4 is 16.7 Å². The Morgan fingerprint density at radius 2 is 1.79 bits per heavy atom. The van der Waals surface area contributed by atoms with Crippen LogP contribution in [0.1, 0.15) is 58.8 Å². The lowest BCUT2D eigenvalue weighted by atomic mass is 9.89. The molecule has 146 valence electrons. The van der Waals surface area contributed by atoms with Gasteiger partial charge in [0.05, 0.1) is 0 Å². The van der Waals surface area contributed by atoms with Crippen molar-refractivity contribution in [1.82, 2.24) is 4.98 Å². The summed E-state index contributed by atoms with van der Waals surface area (Å²) in [6.45, 7) is 5.05. The summed E-state index contributed by atoms with van der Waals surface area (Å²) in [5.74, 6) is 0.176. The number of phenolic OH excluding ortho intramolecular Hbond substituents is 2. The summed E-state index contributed by atoms with van der Waals surface area (Å²) in [4.78, 5) is 15.4. The first-order chi connectivity index (χ1) is 13.4. The number of aromatic nitrogens is 1. The fourth-order valence-electron chi connectivity index (χ4n) is 4.59. The number of ketones is 1. The Bertz CT molecular complexity index is 1090. The van der Waals surface area contributed by atoms with Crippen molar-refractivity contribution in [2.45, 2.75) is 59.3 Å². The lowest BCUT2D eigenvalue weighted by molar-refractivity contribution is -0.116. The van der Waals surface area contributed by atoms with E-state index in [1.807, 2.05) is 6.92 Å². The number of aryl methyl sites for hydroxylation is 2. The smallest absolute Gasteiger partial charge is 0.134 e. The number of aromatic amines is 1. The van der Waals surface area contributed by atoms with E-state index in [1.54, 1.807) is 6.92 Å². The molecule has 28 heavy (non-hydrogen) atoms. The Hall–Kier alpha value is -2.75. The number of aromatic hydroxyl groups is 2. The number of carbonyl (C=O) groups is 1. The first kappa shape index (κ1) is 18.6. The Morgan fingerprint density at radius 1 is 1.04 bits per heavy atom. The lowest BCUT2D eigenvalue weighted by Gasteiger charge is -2.18. The molecule has 4 rings (SSSR count). The number of carbonyl (C=O) groups excluding carboxylic acids is 1. The molecule has 3 N–H and O–H groups in total. The van der Waals surface area contributed by atoms with Gasteiger partial charge in [-0.2, -0.15) is 0 Å². The molecule has 0 unspecified atom stereocenters. The molecule has 0 fully saturated rings. The first-order valence-electron chi connectivity index (χ1n) is 10.0. The van der Waals surface area contributed by atoms with Gasteiger partial charge >= 0.3 is 0 Å². The maximum absolute atomic E-state index is 11.8. The Morgan fingerprint density at radius 3 is 2.54 bits per heavy atom. The van der Waals surface area contributed by atoms with E-state index in [1.165, 1.54) is 36.4 Å². The summed E-state index contributed by atoms with van der Waals surface area (Å²) >= 11 is 0. The Kier molecular flexibility index (Phi) is 4.66. The number of fused-ring (bicyclic) bond motifs is 3. The SMILES string of the molecule is CC(=O)Cc1c(C)c(O)c(C)c(O)c1Cc1ccc2c3c([nH]c2c1)CCCC3. The average Bonchev–Trinajstić information content (AvgIpc) is 3.05. The van der Waals surface area contributed by atoms with Crippen molar-refractivity contribution in [3.05, 3.63) is 57.3 Å². The third-order valence-electron chi connectivity index (χ3n) is 6.14. The normalized spacial score (nSPS) is 13.7. The van der Waals surface area contributed by atoms with Crippen LogP contribution in [0.5, 0.6) is 11.5 Å². The second kappa shape index (κ2) is 7.01. The molecule has 1 aromatic heterocycles. The number of H-pyrrole nitrogens is 1. The zero-order chi connectivity index (χ0) is 20.0. The van der Waals surface area contributed by atoms with Gasteiger partial charge in [-0.3, -0.25) is 4.79 Å². The van der Waals surface area contributed by atoms with E-state index in [9.17, 15) is 15.0 Å². The van der Waals surface area contributed by atoms with E-state index in [-0.39, 0.29) is 23.7 Å². The molecular formula is C24H27NO3. The highest BCUT2D eigenvalue weighted by Gasteiger charge is 2.21. The quantitative estimate of drug-likeness (QED) is 0.612. The molecule has 0 radical (unpaired) electrons. The monoisotopic (exact) mass is 377 g/mol. The number of hydrogen-bond acceptors (Lipinski definition) is 3. The highest BCUT2D eigenvalue weighted by atomic mass is 16.3. The summed E-state index contributed by atoms with van der Waals surface area (Å²) in [6.07, 6.45) is 5.46. The summed E-state index contributed by atoms with van der Waals surface area (Å²) in [7, 11) is 0. The van der Waals surface area contributed by atoms with Crippen LogP contribution >= 0.6 is 0 Å². The number of rotatable bonds is 4. The maximum atomic E-state index is 11.8. The van der Waals surface area contributed by atoms with Crippen LogP contribution in [0.15, 0.2) is 18.2 Å². The standard InChI is InChI=1S/C24H27NO3/c1-13(26)10-19-14(2)23(27)15(3)24(28)20(19)11-16-8-9-18-17-6-4-5-7-21(17)25-22(18)12-16/h8-9,12,25,27-28H,4-7,10-11H2,1-3H3. The van der Waals surface area contributed by atoms with Crippen LogP contribution in [0.25, 0.3) is 10.9 Å². The van der Waals surface area contributed by atoms with Crippen LogP contribution in [0.2, 0.25) is 0 Å². The molecule has 0 amide bonds. The van der Waals surface area contributed by atoms with E-state index in [4.69, 9.17) is 0 Å². The second-order valence-corrected chi connectivity index (χ2v) is 8.13. The minimum Gasteiger partial charge on any atom is -0.507 e. The molecule has 0 spiro atoms. The molecule has 1 aliphatic carbocycles. The minimum absolute atomic E-state index is 0.0134. The number of hydrogen-bond donors (Lipinski definition) is 3. The van der Waals surface area contributed by atoms with E-state index in [0.717, 1.165) is 35.0 Å². The van der Waals surface area contributed by atoms with Crippen LogP contribution in [0.3, 0.4) is 0 Å². The Balaban J connectivity index is 1.79. The molecule has 0 atom stereocenters. The van der Waals surface area contributed by atoms with Gasteiger partial charge in [0.1, 0.15) is 17.3 Å². The van der Waals surface area contributed by atoms with Crippen LogP contribution in [0, 0.1) is 13.8 Å². The van der Waals surface area contributed by atoms with Crippen LogP contribution in [-0.2, 0) is 30.5 Å². The molecule has 0 saturated carbocycles. The van der Waals surface area contributed by atoms with Gasteiger partial charge in [-0.1, -0.05) is 12.1 Å². The van der Waals surface area contributed by atoms with Gasteiger partial charge in [-0.05, 0) is 74.8 Å². The zero-order valence-electron chi connectivity index (χ0n) is 16.8. The van der Waals surface area contributed by atoms with Gasteiger partial charge in [-0.15, -0.1) is 0 Å². The van der Waals surface area contributed by atoms with E-state index in [0.29, 0.717) is 17.5 Å². The minimum atomic E-state index is 0.0134. The predicted octanol–water partition coefficient (Wildman–Crippen LogP) is 4.80. The maximum Gasteiger partial charge on any atom is 0.134 e. The highest BCUT2D eigenvalue weighted by molar-refractivity contribution is 5.86. The van der Waals surface area contributed by atoms with Gasteiger partial charge in [0, 0.05) is 40.6 Å². The summed E-state index contributed by atoms with van der Waals surface area (Å²) in [6, 6.07) is 6.44. The van der Waals surface area contributed by atoms with Crippen molar-refractivity contribution in [2.75, 3.05) is 0 Å². The average molecular weight is 377 g/mol. The number of nitrogens with one attached hydrogen (secondary N) is 1. The summed E-state index contributed by atoms with van der Waals surface area (Å²) < 4.78 is 0. The molecule has 2 aromatic carbocycles. The fraction of sp³-hybridized carbons (Fsp3) is 0.375. The molecule has 1 aliphatic rings. The van der Waals surface area contributed by atoms with Gasteiger partial charge in [0.2, 0.25) is 0 Å². The molecule has 4 heteroatoms. The van der Waals surface area contributed by atoms with Gasteiger partial charge in [-0.25, -0.2) is 0 Å². The molecule has 4 nitrogen and oxygen atoms in total. The van der Waals surface area contributed by atoms with Gasteiger partial charge < -0.3 is 15.2 Å². The van der Waals surface area contributed by atoms with Crippen molar-refractivity contribution in [3.63, 3.8) is 0 Å². The van der Waals surface area contributed by atoms with Gasteiger partial charge in [0.15, 0.2) is 0 Å². The van der Waals surface area contributed by atoms with E-state index in [2.05, 4.69) is 23.2 Å². The van der Waals surface area contributed by atoms with Crippen molar-refractivity contribution in [3.8, 4) is 11.5 Å². The first-order valence-corrected chi connectivity index (χ1v) is 10.0. The van der Waals surface area contributed by atoms with E-state index < -0.39 is 0 Å². The third-order valence-corrected chi connectivity index (χ3v) is 6.14. The van der Waals surface area contributed by atoms with Crippen LogP contribution < -0.4 is 0 Å². The largest absolute Gasteiger partial charge is 0.507 e.